The molecular weight excluding hydrogens is 496 g/mol. The number of aryl methyl sites for hydroxylation is 1. The molecule has 0 bridgehead atoms. The van der Waals surface area contributed by atoms with Gasteiger partial charge in [-0.3, -0.25) is 19.5 Å². The van der Waals surface area contributed by atoms with Crippen molar-refractivity contribution in [3.05, 3.63) is 52.2 Å². The molecule has 2 aromatic rings. The number of nitrogens with one attached hydrogen (secondary N) is 1. The van der Waals surface area contributed by atoms with E-state index in [1.807, 2.05) is 37.3 Å². The maximum Gasteiger partial charge on any atom is 0.352 e. The van der Waals surface area contributed by atoms with E-state index in [2.05, 4.69) is 20.5 Å². The van der Waals surface area contributed by atoms with Gasteiger partial charge in [0.1, 0.15) is 28.7 Å². The molecule has 1 aromatic heterocycles. The number of benzene rings is 1. The van der Waals surface area contributed by atoms with E-state index < -0.39 is 29.2 Å². The van der Waals surface area contributed by atoms with Crippen LogP contribution in [0.5, 0.6) is 0 Å². The van der Waals surface area contributed by atoms with Crippen molar-refractivity contribution in [3.8, 4) is 0 Å². The van der Waals surface area contributed by atoms with Crippen LogP contribution in [0.2, 0.25) is 0 Å². The fourth-order valence-electron chi connectivity index (χ4n) is 3.53. The Hall–Kier alpha value is -2.90. The minimum absolute atomic E-state index is 0.0156. The van der Waals surface area contributed by atoms with Crippen LogP contribution in [0.3, 0.4) is 0 Å². The van der Waals surface area contributed by atoms with Crippen molar-refractivity contribution >= 4 is 58.5 Å². The normalized spacial score (nSPS) is 20.1. The number of nitrogens with two attached hydrogens (primary N) is 1. The van der Waals surface area contributed by atoms with Gasteiger partial charge in [0.15, 0.2) is 4.34 Å². The van der Waals surface area contributed by atoms with E-state index in [0.717, 1.165) is 14.9 Å². The van der Waals surface area contributed by atoms with Gasteiger partial charge in [-0.2, -0.15) is 0 Å². The summed E-state index contributed by atoms with van der Waals surface area (Å²) in [6, 6.07) is 8.73. The van der Waals surface area contributed by atoms with E-state index in [9.17, 15) is 19.5 Å². The summed E-state index contributed by atoms with van der Waals surface area (Å²) >= 11 is 4.25. The van der Waals surface area contributed by atoms with Crippen LogP contribution in [0.4, 0.5) is 0 Å². The molecule has 2 aliphatic heterocycles. The Bertz CT molecular complexity index is 1170. The molecule has 2 amide bonds. The number of carbonyl (C=O) groups excluding carboxylic acids is 2. The Balaban J connectivity index is 1.35. The second-order valence-electron chi connectivity index (χ2n) is 7.56. The van der Waals surface area contributed by atoms with E-state index in [1.165, 1.54) is 39.8 Å². The highest BCUT2D eigenvalue weighted by Gasteiger charge is 2.54. The van der Waals surface area contributed by atoms with Gasteiger partial charge in [-0.15, -0.1) is 22.0 Å². The van der Waals surface area contributed by atoms with Gasteiger partial charge in [-0.25, -0.2) is 4.79 Å². The molecule has 10 nitrogen and oxygen atoms in total. The van der Waals surface area contributed by atoms with Crippen LogP contribution in [0.1, 0.15) is 10.6 Å². The number of amidine groups is 1. The van der Waals surface area contributed by atoms with Crippen molar-refractivity contribution in [3.63, 3.8) is 0 Å². The molecule has 2 unspecified atom stereocenters. The summed E-state index contributed by atoms with van der Waals surface area (Å²) in [5.74, 6) is -0.895. The molecule has 3 heterocycles. The summed E-state index contributed by atoms with van der Waals surface area (Å²) in [5, 5.41) is 20.8. The lowest BCUT2D eigenvalue weighted by molar-refractivity contribution is -0.150. The van der Waals surface area contributed by atoms with Crippen LogP contribution < -0.4 is 11.1 Å². The van der Waals surface area contributed by atoms with E-state index in [0.29, 0.717) is 29.3 Å². The summed E-state index contributed by atoms with van der Waals surface area (Å²) in [5.41, 5.74) is 7.52. The second-order valence-corrected chi connectivity index (χ2v) is 11.1. The first-order chi connectivity index (χ1) is 16.3. The molecule has 13 heteroatoms. The predicted octanol–water partition coefficient (Wildman–Crippen LogP) is 1.28. The Morgan fingerprint density at radius 1 is 1.32 bits per heavy atom. The number of thioether (sulfide) groups is 2. The molecular formula is C21H22N6O4S3. The Kier molecular flexibility index (Phi) is 7.54. The van der Waals surface area contributed by atoms with Crippen LogP contribution in [-0.4, -0.2) is 73.3 Å². The standard InChI is InChI=1S/C21H22N6O4S3/c1-11-25-26-21(34-11)33-10-13-9-32-19-16(18(29)27(19)17(13)20(30)31)24-15(28)8-23-14(22)7-12-5-3-2-4-6-12/h2-6,16,19H,7-10H2,1H3,(H2,22,23)(H,24,28)(H,30,31). The lowest BCUT2D eigenvalue weighted by Crippen LogP contribution is -2.70. The Morgan fingerprint density at radius 3 is 2.76 bits per heavy atom. The molecule has 1 aromatic carbocycles. The number of hydrogen-bond donors (Lipinski definition) is 3. The third-order valence-corrected chi connectivity index (χ3v) is 8.50. The maximum atomic E-state index is 12.8. The number of rotatable bonds is 9. The van der Waals surface area contributed by atoms with Gasteiger partial charge in [0.25, 0.3) is 5.91 Å². The molecule has 0 aliphatic carbocycles. The Labute approximate surface area is 208 Å². The van der Waals surface area contributed by atoms with Crippen molar-refractivity contribution in [1.29, 1.82) is 0 Å². The molecule has 1 saturated heterocycles. The summed E-state index contributed by atoms with van der Waals surface area (Å²) in [7, 11) is 0. The van der Waals surface area contributed by atoms with Crippen LogP contribution in [0, 0.1) is 6.92 Å². The smallest absolute Gasteiger partial charge is 0.352 e. The monoisotopic (exact) mass is 518 g/mol. The van der Waals surface area contributed by atoms with Gasteiger partial charge in [-0.1, -0.05) is 53.4 Å². The predicted molar refractivity (Wildman–Crippen MR) is 132 cm³/mol. The van der Waals surface area contributed by atoms with Crippen molar-refractivity contribution in [2.75, 3.05) is 18.1 Å². The zero-order valence-electron chi connectivity index (χ0n) is 18.1. The van der Waals surface area contributed by atoms with Crippen LogP contribution >= 0.6 is 34.9 Å². The summed E-state index contributed by atoms with van der Waals surface area (Å²) in [6.45, 7) is 1.64. The fraction of sp³-hybridized carbons (Fsp3) is 0.333. The van der Waals surface area contributed by atoms with Gasteiger partial charge in [-0.05, 0) is 18.1 Å². The van der Waals surface area contributed by atoms with Crippen molar-refractivity contribution in [2.45, 2.75) is 29.1 Å². The van der Waals surface area contributed by atoms with E-state index in [-0.39, 0.29) is 12.2 Å². The number of amides is 2. The molecule has 178 valence electrons. The Morgan fingerprint density at radius 2 is 2.09 bits per heavy atom. The average Bonchev–Trinajstić information content (AvgIpc) is 3.24. The summed E-state index contributed by atoms with van der Waals surface area (Å²) in [6.07, 6.45) is 0.424. The van der Waals surface area contributed by atoms with Gasteiger partial charge in [0.2, 0.25) is 5.91 Å². The maximum absolute atomic E-state index is 12.8. The number of aliphatic imine (C=N–C) groups is 1. The van der Waals surface area contributed by atoms with Gasteiger partial charge in [0, 0.05) is 17.9 Å². The number of β-lactam (4-membered cyclic amide) rings is 1. The molecule has 0 spiro atoms. The number of fused-ring (bicyclic) bond motifs is 1. The van der Waals surface area contributed by atoms with Crippen molar-refractivity contribution in [2.24, 2.45) is 10.7 Å². The van der Waals surface area contributed by atoms with Gasteiger partial charge in [0.05, 0.1) is 5.84 Å². The first-order valence-electron chi connectivity index (χ1n) is 10.3. The molecule has 34 heavy (non-hydrogen) atoms. The van der Waals surface area contributed by atoms with Crippen LogP contribution in [-0.2, 0) is 20.8 Å². The summed E-state index contributed by atoms with van der Waals surface area (Å²) in [4.78, 5) is 42.5. The lowest BCUT2D eigenvalue weighted by atomic mass is 10.0. The van der Waals surface area contributed by atoms with E-state index in [4.69, 9.17) is 5.73 Å². The summed E-state index contributed by atoms with van der Waals surface area (Å²) < 4.78 is 0.744. The van der Waals surface area contributed by atoms with Gasteiger partial charge < -0.3 is 16.2 Å². The third kappa shape index (κ3) is 5.42. The minimum Gasteiger partial charge on any atom is -0.477 e. The fourth-order valence-corrected chi connectivity index (χ4v) is 6.83. The zero-order chi connectivity index (χ0) is 24.2. The first-order valence-corrected chi connectivity index (χ1v) is 13.1. The second kappa shape index (κ2) is 10.6. The molecule has 2 aliphatic rings. The zero-order valence-corrected chi connectivity index (χ0v) is 20.6. The average molecular weight is 519 g/mol. The number of aromatic nitrogens is 2. The van der Waals surface area contributed by atoms with E-state index >= 15 is 0 Å². The number of hydrogen-bond acceptors (Lipinski definition) is 9. The lowest BCUT2D eigenvalue weighted by Gasteiger charge is -2.49. The van der Waals surface area contributed by atoms with Gasteiger partial charge >= 0.3 is 5.97 Å². The highest BCUT2D eigenvalue weighted by atomic mass is 32.2. The number of carboxylic acid groups (broad SMARTS) is 1. The molecule has 4 rings (SSSR count). The third-order valence-electron chi connectivity index (χ3n) is 5.10. The molecule has 0 radical (unpaired) electrons. The van der Waals surface area contributed by atoms with E-state index in [1.54, 1.807) is 0 Å². The van der Waals surface area contributed by atoms with Crippen molar-refractivity contribution in [1.82, 2.24) is 20.4 Å². The minimum atomic E-state index is -1.16. The van der Waals surface area contributed by atoms with Crippen LogP contribution in [0.15, 0.2) is 50.9 Å². The highest BCUT2D eigenvalue weighted by molar-refractivity contribution is 8.01. The number of carbonyl (C=O) groups is 3. The van der Waals surface area contributed by atoms with Crippen LogP contribution in [0.25, 0.3) is 0 Å². The SMILES string of the molecule is Cc1nnc(SCC2=C(C(=O)O)N3C(=O)C(NC(=O)CN=C(N)Cc4ccccc4)C3SC2)s1. The quantitative estimate of drug-likeness (QED) is 0.193. The highest BCUT2D eigenvalue weighted by Crippen LogP contribution is 2.41. The number of aliphatic carboxylic acids is 1. The molecule has 0 saturated carbocycles. The topological polar surface area (TPSA) is 151 Å². The largest absolute Gasteiger partial charge is 0.477 e. The first kappa shape index (κ1) is 24.2. The number of nitrogens with zero attached hydrogens (tertiary/aromatic N) is 4. The molecule has 2 atom stereocenters. The molecule has 4 N–H and O–H groups in total. The number of carboxylic acids is 1. The van der Waals surface area contributed by atoms with Crippen molar-refractivity contribution < 1.29 is 19.5 Å². The molecule has 1 fully saturated rings.